The molecule has 0 bridgehead atoms. The molecule has 1 unspecified atom stereocenters. The number of benzene rings is 4. The Morgan fingerprint density at radius 2 is 1.65 bits per heavy atom. The van der Waals surface area contributed by atoms with Crippen LogP contribution in [-0.4, -0.2) is 33.4 Å². The Hall–Kier alpha value is -3.93. The van der Waals surface area contributed by atoms with Crippen molar-refractivity contribution in [3.05, 3.63) is 132 Å². The van der Waals surface area contributed by atoms with Gasteiger partial charge in [0.15, 0.2) is 0 Å². The van der Waals surface area contributed by atoms with Gasteiger partial charge in [0, 0.05) is 48.8 Å². The molecular formula is C31H29ClN4O. The van der Waals surface area contributed by atoms with Crippen LogP contribution in [-0.2, 0) is 19.5 Å². The molecule has 1 aromatic heterocycles. The van der Waals surface area contributed by atoms with Crippen molar-refractivity contribution >= 4 is 34.8 Å². The summed E-state index contributed by atoms with van der Waals surface area (Å²) >= 11 is 0. The second-order valence-corrected chi connectivity index (χ2v) is 9.40. The number of rotatable bonds is 5. The number of hydrogen-bond acceptors (Lipinski definition) is 3. The number of nitrogens with one attached hydrogen (secondary N) is 1. The number of anilines is 1. The first-order valence-corrected chi connectivity index (χ1v) is 12.4. The van der Waals surface area contributed by atoms with Gasteiger partial charge in [-0.2, -0.15) is 0 Å². The summed E-state index contributed by atoms with van der Waals surface area (Å²) in [7, 11) is 0. The Morgan fingerprint density at radius 3 is 2.49 bits per heavy atom. The Balaban J connectivity index is 0.00000280. The highest BCUT2D eigenvalue weighted by atomic mass is 35.5. The van der Waals surface area contributed by atoms with Crippen molar-refractivity contribution in [3.8, 4) is 0 Å². The molecule has 1 aliphatic heterocycles. The smallest absolute Gasteiger partial charge is 0.258 e. The molecule has 1 amide bonds. The van der Waals surface area contributed by atoms with Crippen molar-refractivity contribution in [2.75, 3.05) is 11.4 Å². The van der Waals surface area contributed by atoms with Crippen molar-refractivity contribution in [2.24, 2.45) is 0 Å². The fourth-order valence-electron chi connectivity index (χ4n) is 5.28. The molecule has 0 spiro atoms. The van der Waals surface area contributed by atoms with Gasteiger partial charge in [-0.1, -0.05) is 84.9 Å². The minimum atomic E-state index is 0. The van der Waals surface area contributed by atoms with Gasteiger partial charge in [-0.3, -0.25) is 9.69 Å². The molecule has 6 rings (SSSR count). The predicted molar refractivity (Wildman–Crippen MR) is 151 cm³/mol. The number of para-hydroxylation sites is 1. The lowest BCUT2D eigenvalue weighted by Crippen LogP contribution is -2.44. The van der Waals surface area contributed by atoms with Crippen LogP contribution < -0.4 is 4.90 Å². The number of carbonyl (C=O) groups is 1. The number of imidazole rings is 1. The van der Waals surface area contributed by atoms with Gasteiger partial charge >= 0.3 is 0 Å². The molecule has 5 nitrogen and oxygen atoms in total. The van der Waals surface area contributed by atoms with Crippen molar-refractivity contribution < 1.29 is 4.79 Å². The van der Waals surface area contributed by atoms with Crippen LogP contribution in [0.1, 0.15) is 27.2 Å². The van der Waals surface area contributed by atoms with Crippen LogP contribution in [0.4, 0.5) is 5.69 Å². The van der Waals surface area contributed by atoms with Crippen LogP contribution >= 0.6 is 12.4 Å². The number of hydrogen-bond donors (Lipinski definition) is 1. The summed E-state index contributed by atoms with van der Waals surface area (Å²) in [5, 5.41) is 2.06. The maximum Gasteiger partial charge on any atom is 0.258 e. The van der Waals surface area contributed by atoms with Crippen LogP contribution in [0.15, 0.2) is 110 Å². The standard InChI is InChI=1S/C31H28N4O.ClH/c36-31(29-15-8-13-24-11-4-6-14-28(24)29)35-21-27(17-23-9-2-1-3-10-23)34(20-26-18-32-22-33-26)19-25-12-5-7-16-30(25)35;/h1-16,18,22,27H,17,19-21H2,(H,32,33);1H. The molecule has 186 valence electrons. The van der Waals surface area contributed by atoms with Gasteiger partial charge in [0.25, 0.3) is 5.91 Å². The third kappa shape index (κ3) is 5.15. The normalized spacial score (nSPS) is 15.6. The highest BCUT2D eigenvalue weighted by Crippen LogP contribution is 2.32. The Labute approximate surface area is 223 Å². The molecule has 1 N–H and O–H groups in total. The fourth-order valence-corrected chi connectivity index (χ4v) is 5.28. The third-order valence-corrected chi connectivity index (χ3v) is 7.07. The quantitative estimate of drug-likeness (QED) is 0.305. The molecule has 0 aliphatic carbocycles. The molecule has 5 aromatic rings. The number of carbonyl (C=O) groups excluding carboxylic acids is 1. The zero-order valence-corrected chi connectivity index (χ0v) is 21.3. The van der Waals surface area contributed by atoms with E-state index in [1.807, 2.05) is 53.6 Å². The number of fused-ring (bicyclic) bond motifs is 2. The topological polar surface area (TPSA) is 52.2 Å². The lowest BCUT2D eigenvalue weighted by molar-refractivity contribution is 0.0976. The zero-order chi connectivity index (χ0) is 24.3. The van der Waals surface area contributed by atoms with E-state index in [9.17, 15) is 4.79 Å². The summed E-state index contributed by atoms with van der Waals surface area (Å²) in [6.45, 7) is 2.09. The summed E-state index contributed by atoms with van der Waals surface area (Å²) in [6.07, 6.45) is 4.46. The molecule has 37 heavy (non-hydrogen) atoms. The number of aromatic amines is 1. The van der Waals surface area contributed by atoms with Crippen LogP contribution in [0.3, 0.4) is 0 Å². The van der Waals surface area contributed by atoms with Gasteiger partial charge in [0.2, 0.25) is 0 Å². The van der Waals surface area contributed by atoms with E-state index in [4.69, 9.17) is 0 Å². The van der Waals surface area contributed by atoms with Crippen LogP contribution in [0.5, 0.6) is 0 Å². The van der Waals surface area contributed by atoms with Crippen molar-refractivity contribution in [3.63, 3.8) is 0 Å². The Morgan fingerprint density at radius 1 is 0.892 bits per heavy atom. The first kappa shape index (κ1) is 24.8. The van der Waals surface area contributed by atoms with E-state index >= 15 is 0 Å². The minimum absolute atomic E-state index is 0. The Bertz CT molecular complexity index is 1480. The largest absolute Gasteiger partial charge is 0.347 e. The molecule has 0 saturated heterocycles. The monoisotopic (exact) mass is 508 g/mol. The number of halogens is 1. The van der Waals surface area contributed by atoms with Crippen LogP contribution in [0.25, 0.3) is 10.8 Å². The van der Waals surface area contributed by atoms with E-state index in [1.54, 1.807) is 6.33 Å². The highest BCUT2D eigenvalue weighted by Gasteiger charge is 2.32. The third-order valence-electron chi connectivity index (χ3n) is 7.07. The second-order valence-electron chi connectivity index (χ2n) is 9.40. The lowest BCUT2D eigenvalue weighted by Gasteiger charge is -2.32. The van der Waals surface area contributed by atoms with Gasteiger partial charge in [0.05, 0.1) is 6.33 Å². The molecule has 4 aromatic carbocycles. The van der Waals surface area contributed by atoms with E-state index in [2.05, 4.69) is 69.5 Å². The number of H-pyrrole nitrogens is 1. The predicted octanol–water partition coefficient (Wildman–Crippen LogP) is 6.26. The maximum atomic E-state index is 14.2. The van der Waals surface area contributed by atoms with Crippen LogP contribution in [0, 0.1) is 0 Å². The first-order chi connectivity index (χ1) is 17.8. The lowest BCUT2D eigenvalue weighted by atomic mass is 10.0. The molecule has 2 heterocycles. The SMILES string of the molecule is Cl.O=C(c1cccc2ccccc12)N1CC(Cc2ccccc2)N(Cc2cnc[nH]2)Cc2ccccc21. The first-order valence-electron chi connectivity index (χ1n) is 12.4. The summed E-state index contributed by atoms with van der Waals surface area (Å²) in [5.74, 6) is 0.0423. The van der Waals surface area contributed by atoms with Gasteiger partial charge < -0.3 is 9.88 Å². The van der Waals surface area contributed by atoms with Crippen molar-refractivity contribution in [1.82, 2.24) is 14.9 Å². The summed E-state index contributed by atoms with van der Waals surface area (Å²) in [4.78, 5) is 26.2. The molecule has 0 fully saturated rings. The molecule has 1 atom stereocenters. The van der Waals surface area contributed by atoms with E-state index in [0.29, 0.717) is 6.54 Å². The average molecular weight is 509 g/mol. The summed E-state index contributed by atoms with van der Waals surface area (Å²) < 4.78 is 0. The number of aromatic nitrogens is 2. The maximum absolute atomic E-state index is 14.2. The van der Waals surface area contributed by atoms with Crippen molar-refractivity contribution in [2.45, 2.75) is 25.6 Å². The van der Waals surface area contributed by atoms with E-state index in [1.165, 1.54) is 5.56 Å². The molecule has 0 saturated carbocycles. The molecule has 1 aliphatic rings. The molecule has 0 radical (unpaired) electrons. The molecular weight excluding hydrogens is 480 g/mol. The minimum Gasteiger partial charge on any atom is -0.347 e. The molecule has 6 heteroatoms. The fraction of sp³-hybridized carbons (Fsp3) is 0.161. The van der Waals surface area contributed by atoms with E-state index in [0.717, 1.165) is 52.8 Å². The van der Waals surface area contributed by atoms with Gasteiger partial charge in [-0.05, 0) is 40.5 Å². The van der Waals surface area contributed by atoms with Gasteiger partial charge in [-0.15, -0.1) is 12.4 Å². The van der Waals surface area contributed by atoms with Crippen LogP contribution in [0.2, 0.25) is 0 Å². The zero-order valence-electron chi connectivity index (χ0n) is 20.5. The number of amides is 1. The number of nitrogens with zero attached hydrogens (tertiary/aromatic N) is 3. The summed E-state index contributed by atoms with van der Waals surface area (Å²) in [6, 6.07) is 33.1. The Kier molecular flexibility index (Phi) is 7.35. The van der Waals surface area contributed by atoms with Gasteiger partial charge in [-0.25, -0.2) is 4.98 Å². The van der Waals surface area contributed by atoms with Gasteiger partial charge in [0.1, 0.15) is 0 Å². The van der Waals surface area contributed by atoms with E-state index in [-0.39, 0.29) is 24.4 Å². The van der Waals surface area contributed by atoms with E-state index < -0.39 is 0 Å². The summed E-state index contributed by atoms with van der Waals surface area (Å²) in [5.41, 5.74) is 5.21. The van der Waals surface area contributed by atoms with Crippen molar-refractivity contribution in [1.29, 1.82) is 0 Å². The second kappa shape index (κ2) is 11.0. The highest BCUT2D eigenvalue weighted by molar-refractivity contribution is 6.14. The average Bonchev–Trinajstić information content (AvgIpc) is 3.39.